The standard InChI is InChI=1S/C16H21NO4/c1-6-12(10(2)3)15-14-11(4)20-21-16(18)13(14)9-17(15)7-8-19-5/h6,9-10H,4,7-8H2,1-3,5H3/b12-6-. The summed E-state index contributed by atoms with van der Waals surface area (Å²) in [6.45, 7) is 11.3. The van der Waals surface area contributed by atoms with Gasteiger partial charge in [-0.05, 0) is 18.4 Å². The molecule has 0 radical (unpaired) electrons. The van der Waals surface area contributed by atoms with Crippen LogP contribution in [0.5, 0.6) is 0 Å². The molecule has 0 amide bonds. The predicted molar refractivity (Wildman–Crippen MR) is 80.3 cm³/mol. The molecule has 0 unspecified atom stereocenters. The lowest BCUT2D eigenvalue weighted by atomic mass is 9.95. The molecule has 0 bridgehead atoms. The lowest BCUT2D eigenvalue weighted by molar-refractivity contribution is -0.180. The Bertz CT molecular complexity index is 596. The molecule has 0 aliphatic carbocycles. The summed E-state index contributed by atoms with van der Waals surface area (Å²) in [7, 11) is 1.65. The van der Waals surface area contributed by atoms with Crippen molar-refractivity contribution < 1.29 is 19.3 Å². The minimum Gasteiger partial charge on any atom is -0.383 e. The van der Waals surface area contributed by atoms with E-state index < -0.39 is 5.97 Å². The molecule has 1 aliphatic heterocycles. The van der Waals surface area contributed by atoms with Crippen LogP contribution in [0, 0.1) is 5.92 Å². The van der Waals surface area contributed by atoms with E-state index in [1.165, 1.54) is 0 Å². The Kier molecular flexibility index (Phi) is 4.53. The van der Waals surface area contributed by atoms with Gasteiger partial charge in [0.2, 0.25) is 0 Å². The Morgan fingerprint density at radius 3 is 2.76 bits per heavy atom. The molecule has 0 aromatic carbocycles. The third-order valence-electron chi connectivity index (χ3n) is 3.54. The molecule has 0 N–H and O–H groups in total. The van der Waals surface area contributed by atoms with Crippen LogP contribution in [0.15, 0.2) is 18.9 Å². The second kappa shape index (κ2) is 6.18. The van der Waals surface area contributed by atoms with Gasteiger partial charge in [0.25, 0.3) is 0 Å². The quantitative estimate of drug-likeness (QED) is 0.781. The van der Waals surface area contributed by atoms with Gasteiger partial charge in [-0.3, -0.25) is 4.89 Å². The number of methoxy groups -OCH3 is 1. The van der Waals surface area contributed by atoms with E-state index in [-0.39, 0.29) is 0 Å². The Labute approximate surface area is 124 Å². The summed E-state index contributed by atoms with van der Waals surface area (Å²) in [5, 5.41) is 0. The Morgan fingerprint density at radius 2 is 2.19 bits per heavy atom. The van der Waals surface area contributed by atoms with E-state index in [0.717, 1.165) is 11.3 Å². The number of hydrogen-bond donors (Lipinski definition) is 0. The lowest BCUT2D eigenvalue weighted by Gasteiger charge is -2.19. The molecule has 0 spiro atoms. The Hall–Kier alpha value is -2.01. The van der Waals surface area contributed by atoms with E-state index in [9.17, 15) is 4.79 Å². The fourth-order valence-corrected chi connectivity index (χ4v) is 2.59. The zero-order valence-corrected chi connectivity index (χ0v) is 12.9. The van der Waals surface area contributed by atoms with Gasteiger partial charge in [0.1, 0.15) is 0 Å². The monoisotopic (exact) mass is 291 g/mol. The number of hydrogen-bond acceptors (Lipinski definition) is 4. The maximum Gasteiger partial charge on any atom is 0.388 e. The van der Waals surface area contributed by atoms with Gasteiger partial charge in [-0.15, -0.1) is 0 Å². The number of rotatable bonds is 5. The third-order valence-corrected chi connectivity index (χ3v) is 3.54. The molecule has 0 saturated carbocycles. The van der Waals surface area contributed by atoms with Crippen molar-refractivity contribution in [2.24, 2.45) is 5.92 Å². The van der Waals surface area contributed by atoms with Gasteiger partial charge in [-0.1, -0.05) is 26.5 Å². The van der Waals surface area contributed by atoms with Gasteiger partial charge in [0.15, 0.2) is 5.76 Å². The number of carbonyl (C=O) groups excluding carboxylic acids is 1. The molecule has 114 valence electrons. The van der Waals surface area contributed by atoms with E-state index >= 15 is 0 Å². The van der Waals surface area contributed by atoms with Crippen LogP contribution < -0.4 is 0 Å². The van der Waals surface area contributed by atoms with Crippen molar-refractivity contribution in [1.82, 2.24) is 4.57 Å². The second-order valence-corrected chi connectivity index (χ2v) is 5.23. The average molecular weight is 291 g/mol. The molecule has 5 heteroatoms. The minimum absolute atomic E-state index is 0.307. The summed E-state index contributed by atoms with van der Waals surface area (Å²) in [5.74, 6) is 0.172. The molecule has 5 nitrogen and oxygen atoms in total. The van der Waals surface area contributed by atoms with Crippen molar-refractivity contribution in [3.63, 3.8) is 0 Å². The van der Waals surface area contributed by atoms with E-state index in [1.807, 2.05) is 11.5 Å². The molecule has 0 atom stereocenters. The normalized spacial score (nSPS) is 15.0. The van der Waals surface area contributed by atoms with Crippen LogP contribution >= 0.6 is 0 Å². The summed E-state index contributed by atoms with van der Waals surface area (Å²) >= 11 is 0. The van der Waals surface area contributed by atoms with Crippen molar-refractivity contribution in [2.45, 2.75) is 27.3 Å². The van der Waals surface area contributed by atoms with Crippen LogP contribution in [0.25, 0.3) is 11.3 Å². The van der Waals surface area contributed by atoms with Crippen LogP contribution in [0.4, 0.5) is 0 Å². The SMILES string of the molecule is C=C1OOC(=O)c2cn(CCOC)c(/C(=C\C)C(C)C)c21. The number of carbonyl (C=O) groups is 1. The van der Waals surface area contributed by atoms with E-state index in [1.54, 1.807) is 13.3 Å². The molecule has 2 heterocycles. The minimum atomic E-state index is -0.492. The average Bonchev–Trinajstić information content (AvgIpc) is 2.82. The van der Waals surface area contributed by atoms with Crippen LogP contribution in [-0.2, 0) is 21.1 Å². The number of fused-ring (bicyclic) bond motifs is 1. The topological polar surface area (TPSA) is 49.7 Å². The zero-order chi connectivity index (χ0) is 15.6. The van der Waals surface area contributed by atoms with Gasteiger partial charge in [0.05, 0.1) is 23.4 Å². The Balaban J connectivity index is 2.64. The molecule has 0 fully saturated rings. The molecule has 1 aliphatic rings. The summed E-state index contributed by atoms with van der Waals surface area (Å²) in [6, 6.07) is 0. The van der Waals surface area contributed by atoms with Crippen LogP contribution in [0.2, 0.25) is 0 Å². The van der Waals surface area contributed by atoms with Gasteiger partial charge in [-0.25, -0.2) is 9.68 Å². The first-order chi connectivity index (χ1) is 10.0. The molecular weight excluding hydrogens is 270 g/mol. The van der Waals surface area contributed by atoms with E-state index in [4.69, 9.17) is 9.62 Å². The summed E-state index contributed by atoms with van der Waals surface area (Å²) in [4.78, 5) is 21.5. The molecule has 21 heavy (non-hydrogen) atoms. The fourth-order valence-electron chi connectivity index (χ4n) is 2.59. The van der Waals surface area contributed by atoms with E-state index in [2.05, 4.69) is 31.4 Å². The highest BCUT2D eigenvalue weighted by Gasteiger charge is 2.32. The van der Waals surface area contributed by atoms with Crippen LogP contribution in [0.1, 0.15) is 42.4 Å². The summed E-state index contributed by atoms with van der Waals surface area (Å²) in [6.07, 6.45) is 3.84. The van der Waals surface area contributed by atoms with E-state index in [0.29, 0.717) is 36.0 Å². The largest absolute Gasteiger partial charge is 0.388 e. The van der Waals surface area contributed by atoms with Gasteiger partial charge in [-0.2, -0.15) is 0 Å². The highest BCUT2D eigenvalue weighted by molar-refractivity contribution is 5.98. The van der Waals surface area contributed by atoms with Crippen LogP contribution in [0.3, 0.4) is 0 Å². The summed E-state index contributed by atoms with van der Waals surface area (Å²) < 4.78 is 7.15. The third kappa shape index (κ3) is 2.74. The molecule has 1 aromatic heterocycles. The van der Waals surface area contributed by atoms with Crippen molar-refractivity contribution in [3.8, 4) is 0 Å². The molecular formula is C16H21NO4. The number of ether oxygens (including phenoxy) is 1. The first-order valence-corrected chi connectivity index (χ1v) is 6.98. The molecule has 1 aromatic rings. The maximum absolute atomic E-state index is 11.9. The lowest BCUT2D eigenvalue weighted by Crippen LogP contribution is -2.14. The number of nitrogens with zero attached hydrogens (tertiary/aromatic N) is 1. The first kappa shape index (κ1) is 15.4. The van der Waals surface area contributed by atoms with Gasteiger partial charge in [0, 0.05) is 19.9 Å². The Morgan fingerprint density at radius 1 is 1.48 bits per heavy atom. The molecule has 2 rings (SSSR count). The number of allylic oxidation sites excluding steroid dienone is 2. The smallest absolute Gasteiger partial charge is 0.383 e. The number of aromatic nitrogens is 1. The first-order valence-electron chi connectivity index (χ1n) is 6.98. The highest BCUT2D eigenvalue weighted by atomic mass is 17.2. The van der Waals surface area contributed by atoms with Crippen molar-refractivity contribution >= 4 is 17.3 Å². The van der Waals surface area contributed by atoms with Gasteiger partial charge >= 0.3 is 5.97 Å². The zero-order valence-electron chi connectivity index (χ0n) is 12.9. The fraction of sp³-hybridized carbons (Fsp3) is 0.438. The maximum atomic E-state index is 11.9. The van der Waals surface area contributed by atoms with Gasteiger partial charge < -0.3 is 9.30 Å². The van der Waals surface area contributed by atoms with Crippen molar-refractivity contribution in [2.75, 3.05) is 13.7 Å². The molecule has 0 saturated heterocycles. The van der Waals surface area contributed by atoms with Crippen molar-refractivity contribution in [3.05, 3.63) is 35.7 Å². The van der Waals surface area contributed by atoms with Crippen molar-refractivity contribution in [1.29, 1.82) is 0 Å². The van der Waals surface area contributed by atoms with Crippen LogP contribution in [-0.4, -0.2) is 24.3 Å². The summed E-state index contributed by atoms with van der Waals surface area (Å²) in [5.41, 5.74) is 3.27. The predicted octanol–water partition coefficient (Wildman–Crippen LogP) is 3.27. The highest BCUT2D eigenvalue weighted by Crippen LogP contribution is 2.37. The second-order valence-electron chi connectivity index (χ2n) is 5.23.